The van der Waals surface area contributed by atoms with Crippen LogP contribution in [0.4, 0.5) is 5.69 Å². The molecule has 0 aliphatic carbocycles. The normalized spacial score (nSPS) is 12.8. The lowest BCUT2D eigenvalue weighted by molar-refractivity contribution is -0.117. The van der Waals surface area contributed by atoms with Crippen molar-refractivity contribution in [1.82, 2.24) is 9.29 Å². The first kappa shape index (κ1) is 22.6. The molecule has 0 unspecified atom stereocenters. The second kappa shape index (κ2) is 9.38. The zero-order chi connectivity index (χ0) is 21.9. The molecular formula is C19H20BrN3O5S2. The summed E-state index contributed by atoms with van der Waals surface area (Å²) in [7, 11) is -2.49. The lowest BCUT2D eigenvalue weighted by Gasteiger charge is -2.18. The molecule has 0 bridgehead atoms. The number of carbonyl (C=O) groups is 1. The zero-order valence-corrected chi connectivity index (χ0v) is 19.4. The number of oxazole rings is 1. The summed E-state index contributed by atoms with van der Waals surface area (Å²) in [6.45, 7) is 0. The maximum absolute atomic E-state index is 12.9. The SMILES string of the molecule is CSCC[C@@H](NS(=O)(=O)c1ccc2c(c1)oc(=O)n2C)C(=O)Nc1ccc(Br)cc1. The molecule has 2 aromatic carbocycles. The number of benzene rings is 2. The molecule has 30 heavy (non-hydrogen) atoms. The summed E-state index contributed by atoms with van der Waals surface area (Å²) in [6.07, 6.45) is 2.19. The molecule has 3 rings (SSSR count). The van der Waals surface area contributed by atoms with E-state index in [0.717, 1.165) is 4.47 Å². The van der Waals surface area contributed by atoms with Gasteiger partial charge in [0.2, 0.25) is 15.9 Å². The van der Waals surface area contributed by atoms with E-state index in [-0.39, 0.29) is 10.5 Å². The first-order chi connectivity index (χ1) is 14.2. The number of halogens is 1. The van der Waals surface area contributed by atoms with Crippen LogP contribution in [0.15, 0.2) is 61.0 Å². The molecule has 1 amide bonds. The maximum Gasteiger partial charge on any atom is 0.419 e. The molecule has 8 nitrogen and oxygen atoms in total. The van der Waals surface area contributed by atoms with Gasteiger partial charge in [0.05, 0.1) is 10.4 Å². The van der Waals surface area contributed by atoms with Gasteiger partial charge in [-0.15, -0.1) is 0 Å². The van der Waals surface area contributed by atoms with Gasteiger partial charge in [-0.05, 0) is 54.8 Å². The molecule has 0 saturated heterocycles. The average Bonchev–Trinajstić information content (AvgIpc) is 3.00. The van der Waals surface area contributed by atoms with Gasteiger partial charge in [-0.25, -0.2) is 13.2 Å². The summed E-state index contributed by atoms with van der Waals surface area (Å²) in [4.78, 5) is 24.3. The van der Waals surface area contributed by atoms with E-state index < -0.39 is 27.7 Å². The van der Waals surface area contributed by atoms with Crippen LogP contribution in [0, 0.1) is 0 Å². The molecule has 2 N–H and O–H groups in total. The predicted molar refractivity (Wildman–Crippen MR) is 121 cm³/mol. The standard InChI is InChI=1S/C19H20BrN3O5S2/c1-23-16-8-7-14(11-17(16)28-19(23)25)30(26,27)22-15(9-10-29-2)18(24)21-13-5-3-12(20)4-6-13/h3-8,11,15,22H,9-10H2,1-2H3,(H,21,24)/t15-/m1/s1. The highest BCUT2D eigenvalue weighted by molar-refractivity contribution is 9.10. The van der Waals surface area contributed by atoms with Gasteiger partial charge in [0.25, 0.3) is 0 Å². The summed E-state index contributed by atoms with van der Waals surface area (Å²) in [5, 5.41) is 2.73. The summed E-state index contributed by atoms with van der Waals surface area (Å²) in [5.41, 5.74) is 1.19. The first-order valence-electron chi connectivity index (χ1n) is 8.88. The lowest BCUT2D eigenvalue weighted by atomic mass is 10.2. The Morgan fingerprint density at radius 1 is 1.23 bits per heavy atom. The Bertz CT molecular complexity index is 1220. The van der Waals surface area contributed by atoms with Crippen molar-refractivity contribution in [1.29, 1.82) is 0 Å². The number of hydrogen-bond acceptors (Lipinski definition) is 6. The Kier molecular flexibility index (Phi) is 7.06. The lowest BCUT2D eigenvalue weighted by Crippen LogP contribution is -2.44. The van der Waals surface area contributed by atoms with Crippen molar-refractivity contribution >= 4 is 60.4 Å². The van der Waals surface area contributed by atoms with E-state index in [1.165, 1.54) is 41.6 Å². The Balaban J connectivity index is 1.84. The topological polar surface area (TPSA) is 110 Å². The van der Waals surface area contributed by atoms with E-state index >= 15 is 0 Å². The molecule has 0 radical (unpaired) electrons. The fourth-order valence-electron chi connectivity index (χ4n) is 2.78. The van der Waals surface area contributed by atoms with E-state index in [0.29, 0.717) is 23.4 Å². The second-order valence-corrected chi connectivity index (χ2v) is 10.1. The highest BCUT2D eigenvalue weighted by atomic mass is 79.9. The number of aryl methyl sites for hydroxylation is 1. The smallest absolute Gasteiger partial charge is 0.408 e. The molecule has 0 aliphatic rings. The predicted octanol–water partition coefficient (Wildman–Crippen LogP) is 2.93. The summed E-state index contributed by atoms with van der Waals surface area (Å²) in [6, 6.07) is 10.2. The van der Waals surface area contributed by atoms with Crippen molar-refractivity contribution in [2.24, 2.45) is 7.05 Å². The number of hydrogen-bond donors (Lipinski definition) is 2. The van der Waals surface area contributed by atoms with Gasteiger partial charge >= 0.3 is 5.76 Å². The number of anilines is 1. The van der Waals surface area contributed by atoms with Gasteiger partial charge in [-0.2, -0.15) is 16.5 Å². The Morgan fingerprint density at radius 3 is 2.60 bits per heavy atom. The van der Waals surface area contributed by atoms with Crippen LogP contribution in [0.2, 0.25) is 0 Å². The third kappa shape index (κ3) is 5.15. The molecule has 0 aliphatic heterocycles. The average molecular weight is 514 g/mol. The van der Waals surface area contributed by atoms with E-state index in [9.17, 15) is 18.0 Å². The number of aromatic nitrogens is 1. The van der Waals surface area contributed by atoms with Crippen LogP contribution in [0.25, 0.3) is 11.1 Å². The van der Waals surface area contributed by atoms with Crippen molar-refractivity contribution in [2.45, 2.75) is 17.4 Å². The molecule has 160 valence electrons. The van der Waals surface area contributed by atoms with Crippen molar-refractivity contribution in [2.75, 3.05) is 17.3 Å². The van der Waals surface area contributed by atoms with Crippen molar-refractivity contribution in [3.63, 3.8) is 0 Å². The largest absolute Gasteiger partial charge is 0.419 e. The minimum atomic E-state index is -4.03. The minimum Gasteiger partial charge on any atom is -0.408 e. The first-order valence-corrected chi connectivity index (χ1v) is 12.6. The van der Waals surface area contributed by atoms with E-state index in [4.69, 9.17) is 4.42 Å². The quantitative estimate of drug-likeness (QED) is 0.479. The number of thioether (sulfide) groups is 1. The molecule has 3 aromatic rings. The monoisotopic (exact) mass is 513 g/mol. The Hall–Kier alpha value is -2.08. The van der Waals surface area contributed by atoms with Crippen molar-refractivity contribution < 1.29 is 17.6 Å². The van der Waals surface area contributed by atoms with E-state index in [2.05, 4.69) is 26.0 Å². The van der Waals surface area contributed by atoms with Crippen LogP contribution in [0.3, 0.4) is 0 Å². The van der Waals surface area contributed by atoms with Gasteiger partial charge in [0.1, 0.15) is 6.04 Å². The number of rotatable bonds is 8. The summed E-state index contributed by atoms with van der Waals surface area (Å²) < 4.78 is 35.5. The zero-order valence-electron chi connectivity index (χ0n) is 16.2. The highest BCUT2D eigenvalue weighted by Gasteiger charge is 2.26. The number of amides is 1. The van der Waals surface area contributed by atoms with E-state index in [1.54, 1.807) is 24.3 Å². The molecule has 0 spiro atoms. The van der Waals surface area contributed by atoms with Gasteiger partial charge in [-0.3, -0.25) is 9.36 Å². The number of nitrogens with one attached hydrogen (secondary N) is 2. The van der Waals surface area contributed by atoms with Gasteiger partial charge in [0, 0.05) is 23.3 Å². The number of carbonyl (C=O) groups excluding carboxylic acids is 1. The van der Waals surface area contributed by atoms with Crippen LogP contribution >= 0.6 is 27.7 Å². The maximum atomic E-state index is 12.9. The third-order valence-corrected chi connectivity index (χ3v) is 7.05. The van der Waals surface area contributed by atoms with Crippen LogP contribution < -0.4 is 15.8 Å². The van der Waals surface area contributed by atoms with Gasteiger partial charge < -0.3 is 9.73 Å². The second-order valence-electron chi connectivity index (χ2n) is 6.51. The number of nitrogens with zero attached hydrogens (tertiary/aromatic N) is 1. The number of fused-ring (bicyclic) bond motifs is 1. The fourth-order valence-corrected chi connectivity index (χ4v) is 4.76. The van der Waals surface area contributed by atoms with Crippen molar-refractivity contribution in [3.05, 3.63) is 57.5 Å². The highest BCUT2D eigenvalue weighted by Crippen LogP contribution is 2.19. The van der Waals surface area contributed by atoms with Crippen molar-refractivity contribution in [3.8, 4) is 0 Å². The van der Waals surface area contributed by atoms with Crippen LogP contribution in [0.5, 0.6) is 0 Å². The molecule has 0 fully saturated rings. The fraction of sp³-hybridized carbons (Fsp3) is 0.263. The van der Waals surface area contributed by atoms with E-state index in [1.807, 2.05) is 6.26 Å². The molecule has 1 aromatic heterocycles. The Labute approximate surface area is 186 Å². The third-order valence-electron chi connectivity index (χ3n) is 4.41. The molecular weight excluding hydrogens is 494 g/mol. The summed E-state index contributed by atoms with van der Waals surface area (Å²) >= 11 is 4.84. The Morgan fingerprint density at radius 2 is 1.93 bits per heavy atom. The molecule has 11 heteroatoms. The molecule has 0 saturated carbocycles. The molecule has 1 atom stereocenters. The van der Waals surface area contributed by atoms with Crippen LogP contribution in [-0.4, -0.2) is 36.9 Å². The van der Waals surface area contributed by atoms with Gasteiger partial charge in [-0.1, -0.05) is 15.9 Å². The molecule has 1 heterocycles. The number of sulfonamides is 1. The van der Waals surface area contributed by atoms with Crippen LogP contribution in [-0.2, 0) is 21.9 Å². The van der Waals surface area contributed by atoms with Gasteiger partial charge in [0.15, 0.2) is 5.58 Å². The summed E-state index contributed by atoms with van der Waals surface area (Å²) in [5.74, 6) is -0.449. The van der Waals surface area contributed by atoms with Crippen LogP contribution in [0.1, 0.15) is 6.42 Å². The minimum absolute atomic E-state index is 0.0880.